The summed E-state index contributed by atoms with van der Waals surface area (Å²) in [6.07, 6.45) is 0.914. The number of ether oxygens (including phenoxy) is 2. The lowest BCUT2D eigenvalue weighted by atomic mass is 10.1. The van der Waals surface area contributed by atoms with Crippen LogP contribution in [-0.2, 0) is 16.0 Å². The molecule has 1 heterocycles. The van der Waals surface area contributed by atoms with Gasteiger partial charge < -0.3 is 19.7 Å². The number of hydrogen-bond donors (Lipinski definition) is 1. The van der Waals surface area contributed by atoms with Crippen molar-refractivity contribution in [1.82, 2.24) is 0 Å². The normalized spacial score (nSPS) is 12.7. The summed E-state index contributed by atoms with van der Waals surface area (Å²) < 4.78 is 11.3. The fourth-order valence-electron chi connectivity index (χ4n) is 3.45. The maximum atomic E-state index is 12.5. The number of anilines is 2. The van der Waals surface area contributed by atoms with Gasteiger partial charge in [0, 0.05) is 17.3 Å². The van der Waals surface area contributed by atoms with Gasteiger partial charge in [0.25, 0.3) is 5.91 Å². The zero-order valence-electron chi connectivity index (χ0n) is 17.4. The van der Waals surface area contributed by atoms with Crippen LogP contribution in [0.5, 0.6) is 11.5 Å². The topological polar surface area (TPSA) is 67.9 Å². The Morgan fingerprint density at radius 2 is 1.84 bits per heavy atom. The van der Waals surface area contributed by atoms with Crippen molar-refractivity contribution in [2.75, 3.05) is 30.0 Å². The Hall–Kier alpha value is -3.51. The second-order valence-corrected chi connectivity index (χ2v) is 7.82. The van der Waals surface area contributed by atoms with Crippen molar-refractivity contribution in [3.8, 4) is 11.5 Å². The van der Waals surface area contributed by atoms with Crippen molar-refractivity contribution < 1.29 is 19.1 Å². The zero-order chi connectivity index (χ0) is 22.3. The molecule has 0 saturated carbocycles. The summed E-state index contributed by atoms with van der Waals surface area (Å²) in [6.45, 7) is 0.921. The standard InChI is InChI=1S/C25H23ClN2O4/c26-19-7-10-21(11-8-19)31-14-4-13-28-22-16-20(9-12-23(22)32-17-25(28)30)27-24(29)15-18-5-2-1-3-6-18/h1-3,5-12,16H,4,13-15,17H2,(H,27,29). The number of benzene rings is 3. The summed E-state index contributed by atoms with van der Waals surface area (Å²) in [4.78, 5) is 26.6. The van der Waals surface area contributed by atoms with E-state index in [0.29, 0.717) is 41.7 Å². The van der Waals surface area contributed by atoms with Crippen molar-refractivity contribution in [2.24, 2.45) is 0 Å². The Morgan fingerprint density at radius 3 is 2.62 bits per heavy atom. The average Bonchev–Trinajstić information content (AvgIpc) is 2.79. The van der Waals surface area contributed by atoms with E-state index in [4.69, 9.17) is 21.1 Å². The highest BCUT2D eigenvalue weighted by Gasteiger charge is 2.25. The average molecular weight is 451 g/mol. The number of carbonyl (C=O) groups is 2. The second kappa shape index (κ2) is 10.2. The summed E-state index contributed by atoms with van der Waals surface area (Å²) in [7, 11) is 0. The SMILES string of the molecule is O=C(Cc1ccccc1)Nc1ccc2c(c1)N(CCCOc1ccc(Cl)cc1)C(=O)CO2. The molecule has 0 saturated heterocycles. The molecule has 3 aromatic rings. The number of rotatable bonds is 8. The van der Waals surface area contributed by atoms with Gasteiger partial charge in [-0.1, -0.05) is 41.9 Å². The van der Waals surface area contributed by atoms with Gasteiger partial charge in [0.15, 0.2) is 6.61 Å². The first-order valence-corrected chi connectivity index (χ1v) is 10.8. The van der Waals surface area contributed by atoms with Crippen LogP contribution in [0.1, 0.15) is 12.0 Å². The minimum atomic E-state index is -0.128. The molecule has 2 amide bonds. The van der Waals surface area contributed by atoms with Crippen LogP contribution in [0.2, 0.25) is 5.02 Å². The van der Waals surface area contributed by atoms with Crippen LogP contribution in [0.3, 0.4) is 0 Å². The van der Waals surface area contributed by atoms with Gasteiger partial charge in [-0.05, 0) is 54.4 Å². The van der Waals surface area contributed by atoms with Crippen LogP contribution in [0, 0.1) is 0 Å². The Morgan fingerprint density at radius 1 is 1.06 bits per heavy atom. The van der Waals surface area contributed by atoms with Crippen molar-refractivity contribution in [3.05, 3.63) is 83.4 Å². The summed E-state index contributed by atoms with van der Waals surface area (Å²) in [5.41, 5.74) is 2.19. The van der Waals surface area contributed by atoms with Crippen LogP contribution < -0.4 is 19.7 Å². The molecule has 0 radical (unpaired) electrons. The fourth-order valence-corrected chi connectivity index (χ4v) is 3.58. The first kappa shape index (κ1) is 21.7. The van der Waals surface area contributed by atoms with Crippen molar-refractivity contribution >= 4 is 34.8 Å². The van der Waals surface area contributed by atoms with E-state index in [1.54, 1.807) is 35.2 Å². The largest absolute Gasteiger partial charge is 0.494 e. The Bertz CT molecular complexity index is 1090. The number of amides is 2. The Kier molecular flexibility index (Phi) is 6.92. The molecule has 1 aliphatic heterocycles. The number of hydrogen-bond acceptors (Lipinski definition) is 4. The number of fused-ring (bicyclic) bond motifs is 1. The van der Waals surface area contributed by atoms with Crippen LogP contribution in [0.25, 0.3) is 0 Å². The fraction of sp³-hybridized carbons (Fsp3) is 0.200. The number of halogens is 1. The zero-order valence-corrected chi connectivity index (χ0v) is 18.2. The molecule has 1 aliphatic rings. The molecule has 0 aromatic heterocycles. The molecular formula is C25H23ClN2O4. The lowest BCUT2D eigenvalue weighted by Gasteiger charge is -2.30. The molecule has 0 aliphatic carbocycles. The molecule has 4 rings (SSSR count). The highest BCUT2D eigenvalue weighted by molar-refractivity contribution is 6.30. The van der Waals surface area contributed by atoms with Gasteiger partial charge in [-0.15, -0.1) is 0 Å². The van der Waals surface area contributed by atoms with Gasteiger partial charge >= 0.3 is 0 Å². The van der Waals surface area contributed by atoms with E-state index in [-0.39, 0.29) is 24.8 Å². The summed E-state index contributed by atoms with van der Waals surface area (Å²) in [5.74, 6) is 1.09. The van der Waals surface area contributed by atoms with Gasteiger partial charge in [-0.2, -0.15) is 0 Å². The van der Waals surface area contributed by atoms with Crippen molar-refractivity contribution in [2.45, 2.75) is 12.8 Å². The molecule has 0 unspecified atom stereocenters. The molecule has 164 valence electrons. The van der Waals surface area contributed by atoms with Crippen LogP contribution in [0.4, 0.5) is 11.4 Å². The number of nitrogens with zero attached hydrogens (tertiary/aromatic N) is 1. The predicted octanol–water partition coefficient (Wildman–Crippen LogP) is 4.72. The van der Waals surface area contributed by atoms with Crippen LogP contribution in [0.15, 0.2) is 72.8 Å². The molecular weight excluding hydrogens is 428 g/mol. The van der Waals surface area contributed by atoms with E-state index in [1.807, 2.05) is 42.5 Å². The first-order valence-electron chi connectivity index (χ1n) is 10.4. The van der Waals surface area contributed by atoms with Gasteiger partial charge in [0.2, 0.25) is 5.91 Å². The highest BCUT2D eigenvalue weighted by atomic mass is 35.5. The lowest BCUT2D eigenvalue weighted by Crippen LogP contribution is -2.39. The molecule has 32 heavy (non-hydrogen) atoms. The quantitative estimate of drug-likeness (QED) is 0.504. The first-order chi connectivity index (χ1) is 15.6. The lowest BCUT2D eigenvalue weighted by molar-refractivity contribution is -0.121. The second-order valence-electron chi connectivity index (χ2n) is 7.38. The van der Waals surface area contributed by atoms with Gasteiger partial charge in [-0.3, -0.25) is 9.59 Å². The van der Waals surface area contributed by atoms with Gasteiger partial charge in [0.1, 0.15) is 11.5 Å². The minimum Gasteiger partial charge on any atom is -0.494 e. The maximum Gasteiger partial charge on any atom is 0.265 e. The third-order valence-electron chi connectivity index (χ3n) is 5.00. The molecule has 6 nitrogen and oxygen atoms in total. The molecule has 0 atom stereocenters. The Balaban J connectivity index is 1.38. The Labute approximate surface area is 191 Å². The number of carbonyl (C=O) groups excluding carboxylic acids is 2. The third-order valence-corrected chi connectivity index (χ3v) is 5.25. The molecule has 0 bridgehead atoms. The van der Waals surface area contributed by atoms with E-state index < -0.39 is 0 Å². The van der Waals surface area contributed by atoms with E-state index in [2.05, 4.69) is 5.32 Å². The summed E-state index contributed by atoms with van der Waals surface area (Å²) >= 11 is 5.89. The predicted molar refractivity (Wildman–Crippen MR) is 125 cm³/mol. The summed E-state index contributed by atoms with van der Waals surface area (Å²) in [6, 6.07) is 22.0. The molecule has 7 heteroatoms. The summed E-state index contributed by atoms with van der Waals surface area (Å²) in [5, 5.41) is 3.55. The van der Waals surface area contributed by atoms with Crippen molar-refractivity contribution in [3.63, 3.8) is 0 Å². The molecule has 0 fully saturated rings. The number of nitrogens with one attached hydrogen (secondary N) is 1. The minimum absolute atomic E-state index is 0.00917. The smallest absolute Gasteiger partial charge is 0.265 e. The van der Waals surface area contributed by atoms with Gasteiger partial charge in [-0.25, -0.2) is 0 Å². The van der Waals surface area contributed by atoms with E-state index in [9.17, 15) is 9.59 Å². The monoisotopic (exact) mass is 450 g/mol. The molecule has 0 spiro atoms. The maximum absolute atomic E-state index is 12.5. The molecule has 1 N–H and O–H groups in total. The van der Waals surface area contributed by atoms with Crippen LogP contribution in [-0.4, -0.2) is 31.6 Å². The van der Waals surface area contributed by atoms with Gasteiger partial charge in [0.05, 0.1) is 18.7 Å². The van der Waals surface area contributed by atoms with E-state index in [0.717, 1.165) is 11.3 Å². The van der Waals surface area contributed by atoms with Crippen LogP contribution >= 0.6 is 11.6 Å². The van der Waals surface area contributed by atoms with E-state index >= 15 is 0 Å². The van der Waals surface area contributed by atoms with E-state index in [1.165, 1.54) is 0 Å². The highest BCUT2D eigenvalue weighted by Crippen LogP contribution is 2.34. The van der Waals surface area contributed by atoms with Crippen molar-refractivity contribution in [1.29, 1.82) is 0 Å². The third kappa shape index (κ3) is 5.59. The molecule has 3 aromatic carbocycles.